The predicted octanol–water partition coefficient (Wildman–Crippen LogP) is 4.58. The van der Waals surface area contributed by atoms with Gasteiger partial charge in [0.25, 0.3) is 0 Å². The molecular formula is C21H23ClN4O2S. The fraction of sp³-hybridized carbons (Fsp3) is 0.286. The van der Waals surface area contributed by atoms with Crippen molar-refractivity contribution in [1.82, 2.24) is 20.1 Å². The molecule has 2 N–H and O–H groups in total. The fourth-order valence-corrected chi connectivity index (χ4v) is 3.11. The van der Waals surface area contributed by atoms with Gasteiger partial charge in [-0.3, -0.25) is 14.5 Å². The third kappa shape index (κ3) is 5.68. The Kier molecular flexibility index (Phi) is 7.06. The van der Waals surface area contributed by atoms with Gasteiger partial charge in [0.05, 0.1) is 6.54 Å². The maximum absolute atomic E-state index is 12.3. The van der Waals surface area contributed by atoms with Gasteiger partial charge in [-0.25, -0.2) is 0 Å². The summed E-state index contributed by atoms with van der Waals surface area (Å²) in [5.74, 6) is 1.68. The van der Waals surface area contributed by atoms with Crippen molar-refractivity contribution in [3.63, 3.8) is 0 Å². The number of aromatic amines is 1. The molecule has 0 fully saturated rings. The van der Waals surface area contributed by atoms with Crippen LogP contribution in [0.25, 0.3) is 11.4 Å². The highest BCUT2D eigenvalue weighted by atomic mass is 35.5. The molecule has 1 aromatic heterocycles. The van der Waals surface area contributed by atoms with Crippen molar-refractivity contribution >= 4 is 29.7 Å². The Morgan fingerprint density at radius 1 is 1.21 bits per heavy atom. The van der Waals surface area contributed by atoms with E-state index in [4.69, 9.17) is 28.6 Å². The molecule has 0 aliphatic carbocycles. The minimum Gasteiger partial charge on any atom is -0.492 e. The molecule has 6 nitrogen and oxygen atoms in total. The number of aromatic nitrogens is 3. The summed E-state index contributed by atoms with van der Waals surface area (Å²) >= 11 is 11.2. The van der Waals surface area contributed by atoms with Crippen molar-refractivity contribution in [2.24, 2.45) is 0 Å². The zero-order valence-corrected chi connectivity index (χ0v) is 17.9. The highest BCUT2D eigenvalue weighted by molar-refractivity contribution is 7.71. The zero-order valence-electron chi connectivity index (χ0n) is 16.3. The number of halogens is 1. The molecular weight excluding hydrogens is 408 g/mol. The summed E-state index contributed by atoms with van der Waals surface area (Å²) in [6, 6.07) is 15.2. The van der Waals surface area contributed by atoms with E-state index in [1.165, 1.54) is 5.56 Å². The van der Waals surface area contributed by atoms with E-state index in [2.05, 4.69) is 41.5 Å². The molecule has 0 radical (unpaired) electrons. The van der Waals surface area contributed by atoms with Crippen molar-refractivity contribution in [1.29, 1.82) is 0 Å². The molecule has 8 heteroatoms. The highest BCUT2D eigenvalue weighted by Crippen LogP contribution is 2.20. The summed E-state index contributed by atoms with van der Waals surface area (Å²) in [7, 11) is 0. The molecule has 152 valence electrons. The van der Waals surface area contributed by atoms with Crippen LogP contribution in [-0.2, 0) is 11.3 Å². The molecule has 2 aromatic carbocycles. The van der Waals surface area contributed by atoms with E-state index in [9.17, 15) is 4.79 Å². The third-order valence-corrected chi connectivity index (χ3v) is 4.97. The number of carbonyl (C=O) groups excluding carboxylic acids is 1. The summed E-state index contributed by atoms with van der Waals surface area (Å²) < 4.78 is 7.71. The summed E-state index contributed by atoms with van der Waals surface area (Å²) in [6.07, 6.45) is 0. The second-order valence-electron chi connectivity index (χ2n) is 6.87. The van der Waals surface area contributed by atoms with Gasteiger partial charge in [0.2, 0.25) is 5.91 Å². The standard InChI is InChI=1S/C21H23ClN4O2S/c1-14(2)15-5-9-18(10-6-15)28-12-11-23-19(27)13-26-20(24-25-21(26)29)16-3-7-17(22)8-4-16/h3-10,14H,11-13H2,1-2H3,(H,23,27)(H,25,29). The van der Waals surface area contributed by atoms with Crippen LogP contribution in [0.2, 0.25) is 5.02 Å². The van der Waals surface area contributed by atoms with Crippen molar-refractivity contribution in [2.75, 3.05) is 13.2 Å². The van der Waals surface area contributed by atoms with Gasteiger partial charge in [0, 0.05) is 10.6 Å². The number of H-pyrrole nitrogens is 1. The van der Waals surface area contributed by atoms with E-state index < -0.39 is 0 Å². The summed E-state index contributed by atoms with van der Waals surface area (Å²) in [4.78, 5) is 12.3. The number of nitrogens with one attached hydrogen (secondary N) is 2. The molecule has 29 heavy (non-hydrogen) atoms. The van der Waals surface area contributed by atoms with Crippen LogP contribution in [0.3, 0.4) is 0 Å². The number of hydrogen-bond acceptors (Lipinski definition) is 4. The average molecular weight is 431 g/mol. The van der Waals surface area contributed by atoms with Crippen molar-refractivity contribution in [3.8, 4) is 17.1 Å². The Labute approximate surface area is 179 Å². The molecule has 0 atom stereocenters. The quantitative estimate of drug-likeness (QED) is 0.405. The van der Waals surface area contributed by atoms with Crippen LogP contribution >= 0.6 is 23.8 Å². The zero-order chi connectivity index (χ0) is 20.8. The lowest BCUT2D eigenvalue weighted by molar-refractivity contribution is -0.121. The van der Waals surface area contributed by atoms with Gasteiger partial charge in [-0.1, -0.05) is 37.6 Å². The average Bonchev–Trinajstić information content (AvgIpc) is 3.06. The Morgan fingerprint density at radius 3 is 2.55 bits per heavy atom. The van der Waals surface area contributed by atoms with Gasteiger partial charge in [-0.05, 0) is 60.1 Å². The SMILES string of the molecule is CC(C)c1ccc(OCCNC(=O)Cn2c(-c3ccc(Cl)cc3)n[nH]c2=S)cc1. The largest absolute Gasteiger partial charge is 0.492 e. The van der Waals surface area contributed by atoms with Crippen LogP contribution in [0.4, 0.5) is 0 Å². The van der Waals surface area contributed by atoms with Gasteiger partial charge >= 0.3 is 0 Å². The lowest BCUT2D eigenvalue weighted by atomic mass is 10.0. The topological polar surface area (TPSA) is 71.9 Å². The maximum Gasteiger partial charge on any atom is 0.240 e. The van der Waals surface area contributed by atoms with E-state index in [0.717, 1.165) is 11.3 Å². The molecule has 0 aliphatic heterocycles. The number of amides is 1. The first-order valence-corrected chi connectivity index (χ1v) is 10.1. The highest BCUT2D eigenvalue weighted by Gasteiger charge is 2.12. The van der Waals surface area contributed by atoms with Gasteiger partial charge in [-0.2, -0.15) is 5.10 Å². The minimum absolute atomic E-state index is 0.0659. The van der Waals surface area contributed by atoms with Crippen LogP contribution in [0.5, 0.6) is 5.75 Å². The van der Waals surface area contributed by atoms with Crippen molar-refractivity contribution in [2.45, 2.75) is 26.3 Å². The molecule has 1 amide bonds. The first kappa shape index (κ1) is 21.1. The molecule has 0 spiro atoms. The molecule has 0 unspecified atom stereocenters. The van der Waals surface area contributed by atoms with Crippen LogP contribution in [0.15, 0.2) is 48.5 Å². The maximum atomic E-state index is 12.3. The summed E-state index contributed by atoms with van der Waals surface area (Å²) in [6.45, 7) is 5.14. The van der Waals surface area contributed by atoms with E-state index in [1.54, 1.807) is 16.7 Å². The minimum atomic E-state index is -0.170. The Balaban J connectivity index is 1.52. The molecule has 0 bridgehead atoms. The third-order valence-electron chi connectivity index (χ3n) is 4.40. The first-order valence-electron chi connectivity index (χ1n) is 9.34. The number of hydrogen-bond donors (Lipinski definition) is 2. The Morgan fingerprint density at radius 2 is 1.90 bits per heavy atom. The molecule has 3 aromatic rings. The summed E-state index contributed by atoms with van der Waals surface area (Å²) in [5.41, 5.74) is 2.08. The van der Waals surface area contributed by atoms with Crippen LogP contribution < -0.4 is 10.1 Å². The number of carbonyl (C=O) groups is 1. The predicted molar refractivity (Wildman–Crippen MR) is 117 cm³/mol. The molecule has 3 rings (SSSR count). The fourth-order valence-electron chi connectivity index (χ4n) is 2.79. The molecule has 0 saturated carbocycles. The van der Waals surface area contributed by atoms with Gasteiger partial charge in [0.15, 0.2) is 10.6 Å². The number of benzene rings is 2. The first-order chi connectivity index (χ1) is 13.9. The van der Waals surface area contributed by atoms with Gasteiger partial charge in [-0.15, -0.1) is 0 Å². The van der Waals surface area contributed by atoms with Crippen molar-refractivity contribution in [3.05, 3.63) is 63.9 Å². The van der Waals surface area contributed by atoms with E-state index in [-0.39, 0.29) is 12.5 Å². The lowest BCUT2D eigenvalue weighted by Gasteiger charge is -2.10. The number of nitrogens with zero attached hydrogens (tertiary/aromatic N) is 2. The smallest absolute Gasteiger partial charge is 0.240 e. The number of rotatable bonds is 8. The molecule has 0 saturated heterocycles. The Bertz CT molecular complexity index is 1010. The second kappa shape index (κ2) is 9.71. The van der Waals surface area contributed by atoms with E-state index in [1.807, 2.05) is 24.3 Å². The second-order valence-corrected chi connectivity index (χ2v) is 7.69. The Hall–Kier alpha value is -2.64. The van der Waals surface area contributed by atoms with Crippen LogP contribution in [0.1, 0.15) is 25.3 Å². The normalized spacial score (nSPS) is 10.9. The van der Waals surface area contributed by atoms with Crippen LogP contribution in [-0.4, -0.2) is 33.8 Å². The lowest BCUT2D eigenvalue weighted by Crippen LogP contribution is -2.31. The van der Waals surface area contributed by atoms with E-state index >= 15 is 0 Å². The van der Waals surface area contributed by atoms with Gasteiger partial charge in [0.1, 0.15) is 18.9 Å². The van der Waals surface area contributed by atoms with E-state index in [0.29, 0.717) is 34.7 Å². The number of ether oxygens (including phenoxy) is 1. The molecule has 0 aliphatic rings. The monoisotopic (exact) mass is 430 g/mol. The molecule has 1 heterocycles. The summed E-state index contributed by atoms with van der Waals surface area (Å²) in [5, 5.41) is 10.4. The van der Waals surface area contributed by atoms with Gasteiger partial charge < -0.3 is 10.1 Å². The van der Waals surface area contributed by atoms with Crippen molar-refractivity contribution < 1.29 is 9.53 Å². The van der Waals surface area contributed by atoms with Crippen LogP contribution in [0, 0.1) is 4.77 Å².